The second kappa shape index (κ2) is 7.63. The molecule has 1 atom stereocenters. The van der Waals surface area contributed by atoms with Gasteiger partial charge in [0.1, 0.15) is 15.9 Å². The van der Waals surface area contributed by atoms with E-state index in [1.165, 1.54) is 34.6 Å². The minimum absolute atomic E-state index is 0.0302. The van der Waals surface area contributed by atoms with Crippen molar-refractivity contribution in [1.29, 1.82) is 0 Å². The van der Waals surface area contributed by atoms with Crippen LogP contribution in [0.2, 0.25) is 0 Å². The van der Waals surface area contributed by atoms with Crippen molar-refractivity contribution in [3.8, 4) is 0 Å². The zero-order chi connectivity index (χ0) is 20.6. The summed E-state index contributed by atoms with van der Waals surface area (Å²) in [6.45, 7) is 2.41. The molecule has 1 N–H and O–H groups in total. The number of aromatic nitrogens is 2. The SMILES string of the molecule is CC1CCCCN1S(=O)(=O)c1ccc(NS(=O)(=O)c2cccc3nsnc23)cc1. The van der Waals surface area contributed by atoms with E-state index in [-0.39, 0.29) is 21.5 Å². The minimum atomic E-state index is -3.89. The maximum absolute atomic E-state index is 12.9. The number of nitrogens with zero attached hydrogens (tertiary/aromatic N) is 3. The molecule has 0 amide bonds. The lowest BCUT2D eigenvalue weighted by Crippen LogP contribution is -2.41. The molecule has 0 bridgehead atoms. The summed E-state index contributed by atoms with van der Waals surface area (Å²) in [5, 5.41) is 0. The maximum Gasteiger partial charge on any atom is 0.264 e. The van der Waals surface area contributed by atoms with Crippen LogP contribution in [0.5, 0.6) is 0 Å². The fourth-order valence-corrected chi connectivity index (χ4v) is 6.99. The minimum Gasteiger partial charge on any atom is -0.280 e. The summed E-state index contributed by atoms with van der Waals surface area (Å²) < 4.78 is 63.5. The highest BCUT2D eigenvalue weighted by molar-refractivity contribution is 7.93. The van der Waals surface area contributed by atoms with Gasteiger partial charge in [-0.2, -0.15) is 13.1 Å². The molecule has 0 spiro atoms. The summed E-state index contributed by atoms with van der Waals surface area (Å²) in [5.74, 6) is 0. The van der Waals surface area contributed by atoms with Crippen molar-refractivity contribution in [1.82, 2.24) is 13.1 Å². The normalized spacial score (nSPS) is 18.7. The molecule has 0 radical (unpaired) electrons. The van der Waals surface area contributed by atoms with Gasteiger partial charge in [0, 0.05) is 18.3 Å². The number of anilines is 1. The van der Waals surface area contributed by atoms with Crippen LogP contribution >= 0.6 is 11.7 Å². The Morgan fingerprint density at radius 3 is 2.52 bits per heavy atom. The van der Waals surface area contributed by atoms with E-state index < -0.39 is 20.0 Å². The predicted molar refractivity (Wildman–Crippen MR) is 112 cm³/mol. The van der Waals surface area contributed by atoms with Crippen molar-refractivity contribution < 1.29 is 16.8 Å². The van der Waals surface area contributed by atoms with E-state index in [0.717, 1.165) is 31.0 Å². The number of hydrogen-bond acceptors (Lipinski definition) is 7. The highest BCUT2D eigenvalue weighted by Gasteiger charge is 2.31. The molecule has 4 rings (SSSR count). The summed E-state index contributed by atoms with van der Waals surface area (Å²) >= 11 is 0.944. The standard InChI is InChI=1S/C18H20N4O4S3/c1-13-5-2-3-12-22(13)29(25,26)15-10-8-14(9-11-15)21-28(23,24)17-7-4-6-16-18(17)20-27-19-16/h4,6-11,13,21H,2-3,5,12H2,1H3. The summed E-state index contributed by atoms with van der Waals surface area (Å²) in [4.78, 5) is 0.183. The van der Waals surface area contributed by atoms with Crippen molar-refractivity contribution in [2.75, 3.05) is 11.3 Å². The molecule has 8 nitrogen and oxygen atoms in total. The van der Waals surface area contributed by atoms with Crippen LogP contribution in [0.4, 0.5) is 5.69 Å². The molecule has 2 heterocycles. The second-order valence-electron chi connectivity index (χ2n) is 6.98. The molecule has 1 aliphatic rings. The number of rotatable bonds is 5. The van der Waals surface area contributed by atoms with Crippen molar-refractivity contribution in [3.63, 3.8) is 0 Å². The first kappa shape index (κ1) is 20.2. The van der Waals surface area contributed by atoms with Gasteiger partial charge < -0.3 is 0 Å². The van der Waals surface area contributed by atoms with Gasteiger partial charge in [-0.25, -0.2) is 16.8 Å². The van der Waals surface area contributed by atoms with Gasteiger partial charge in [-0.3, -0.25) is 4.72 Å². The Balaban J connectivity index is 1.59. The highest BCUT2D eigenvalue weighted by atomic mass is 32.2. The lowest BCUT2D eigenvalue weighted by Gasteiger charge is -2.32. The number of nitrogens with one attached hydrogen (secondary N) is 1. The van der Waals surface area contributed by atoms with Crippen LogP contribution in [0, 0.1) is 0 Å². The topological polar surface area (TPSA) is 109 Å². The predicted octanol–water partition coefficient (Wildman–Crippen LogP) is 3.06. The lowest BCUT2D eigenvalue weighted by molar-refractivity contribution is 0.268. The van der Waals surface area contributed by atoms with Gasteiger partial charge in [0.15, 0.2) is 0 Å². The van der Waals surface area contributed by atoms with E-state index in [1.807, 2.05) is 6.92 Å². The van der Waals surface area contributed by atoms with E-state index in [0.29, 0.717) is 17.6 Å². The summed E-state index contributed by atoms with van der Waals surface area (Å²) in [7, 11) is -7.50. The molecule has 1 saturated heterocycles. The van der Waals surface area contributed by atoms with Crippen LogP contribution in [0.25, 0.3) is 11.0 Å². The van der Waals surface area contributed by atoms with Crippen molar-refractivity contribution in [2.24, 2.45) is 0 Å². The van der Waals surface area contributed by atoms with Gasteiger partial charge in [-0.15, -0.1) is 0 Å². The van der Waals surface area contributed by atoms with Gasteiger partial charge in [0.25, 0.3) is 10.0 Å². The Hall–Kier alpha value is -2.08. The number of piperidine rings is 1. The quantitative estimate of drug-likeness (QED) is 0.637. The number of sulfonamides is 2. The van der Waals surface area contributed by atoms with Crippen LogP contribution in [0.3, 0.4) is 0 Å². The molecular formula is C18H20N4O4S3. The van der Waals surface area contributed by atoms with Crippen molar-refractivity contribution in [3.05, 3.63) is 42.5 Å². The van der Waals surface area contributed by atoms with E-state index in [2.05, 4.69) is 13.5 Å². The number of hydrogen-bond donors (Lipinski definition) is 1. The lowest BCUT2D eigenvalue weighted by atomic mass is 10.1. The molecule has 11 heteroatoms. The molecule has 0 saturated carbocycles. The zero-order valence-electron chi connectivity index (χ0n) is 15.6. The van der Waals surface area contributed by atoms with Gasteiger partial charge in [-0.1, -0.05) is 12.5 Å². The largest absolute Gasteiger partial charge is 0.280 e. The molecular weight excluding hydrogens is 432 g/mol. The molecule has 154 valence electrons. The number of benzene rings is 2. The summed E-state index contributed by atoms with van der Waals surface area (Å²) in [6.07, 6.45) is 2.71. The molecule has 1 unspecified atom stereocenters. The second-order valence-corrected chi connectivity index (χ2v) is 11.0. The molecule has 2 aromatic carbocycles. The fourth-order valence-electron chi connectivity index (χ4n) is 3.47. The first-order chi connectivity index (χ1) is 13.8. The third-order valence-corrected chi connectivity index (χ3v) is 8.98. The molecule has 1 fully saturated rings. The smallest absolute Gasteiger partial charge is 0.264 e. The average Bonchev–Trinajstić information content (AvgIpc) is 3.17. The summed E-state index contributed by atoms with van der Waals surface area (Å²) in [6, 6.07) is 10.5. The Morgan fingerprint density at radius 2 is 1.79 bits per heavy atom. The monoisotopic (exact) mass is 452 g/mol. The summed E-state index contributed by atoms with van der Waals surface area (Å²) in [5.41, 5.74) is 1.09. The van der Waals surface area contributed by atoms with Gasteiger partial charge >= 0.3 is 0 Å². The van der Waals surface area contributed by atoms with Crippen LogP contribution < -0.4 is 4.72 Å². The molecule has 1 aliphatic heterocycles. The Morgan fingerprint density at radius 1 is 1.03 bits per heavy atom. The molecule has 0 aliphatic carbocycles. The van der Waals surface area contributed by atoms with Gasteiger partial charge in [0.2, 0.25) is 10.0 Å². The Kier molecular flexibility index (Phi) is 5.32. The van der Waals surface area contributed by atoms with Crippen LogP contribution in [-0.4, -0.2) is 42.5 Å². The van der Waals surface area contributed by atoms with E-state index in [9.17, 15) is 16.8 Å². The van der Waals surface area contributed by atoms with Crippen molar-refractivity contribution in [2.45, 2.75) is 42.0 Å². The van der Waals surface area contributed by atoms with Crippen molar-refractivity contribution >= 4 is 48.5 Å². The van der Waals surface area contributed by atoms with Crippen LogP contribution in [0.15, 0.2) is 52.3 Å². The zero-order valence-corrected chi connectivity index (χ0v) is 18.1. The average molecular weight is 453 g/mol. The van der Waals surface area contributed by atoms with E-state index >= 15 is 0 Å². The first-order valence-corrected chi connectivity index (χ1v) is 12.8. The highest BCUT2D eigenvalue weighted by Crippen LogP contribution is 2.27. The van der Waals surface area contributed by atoms with Gasteiger partial charge in [0.05, 0.1) is 16.6 Å². The first-order valence-electron chi connectivity index (χ1n) is 9.15. The molecule has 3 aromatic rings. The third-order valence-electron chi connectivity index (χ3n) is 4.99. The molecule has 29 heavy (non-hydrogen) atoms. The molecule has 1 aromatic heterocycles. The Labute approximate surface area is 174 Å². The van der Waals surface area contributed by atoms with Gasteiger partial charge in [-0.05, 0) is 56.2 Å². The third kappa shape index (κ3) is 3.87. The maximum atomic E-state index is 12.9. The Bertz CT molecular complexity index is 1240. The van der Waals surface area contributed by atoms with E-state index in [1.54, 1.807) is 12.1 Å². The van der Waals surface area contributed by atoms with Crippen LogP contribution in [0.1, 0.15) is 26.2 Å². The fraction of sp³-hybridized carbons (Fsp3) is 0.333. The number of fused-ring (bicyclic) bond motifs is 1. The van der Waals surface area contributed by atoms with Crippen LogP contribution in [-0.2, 0) is 20.0 Å². The van der Waals surface area contributed by atoms with E-state index in [4.69, 9.17) is 0 Å².